The summed E-state index contributed by atoms with van der Waals surface area (Å²) in [6.07, 6.45) is 0. The van der Waals surface area contributed by atoms with Crippen molar-refractivity contribution in [2.24, 2.45) is 5.92 Å². The molecule has 0 aliphatic rings. The Morgan fingerprint density at radius 1 is 0.767 bits per heavy atom. The number of amides is 2. The van der Waals surface area contributed by atoms with Crippen molar-refractivity contribution in [2.75, 3.05) is 0 Å². The average Bonchev–Trinajstić information content (AvgIpc) is 2.78. The van der Waals surface area contributed by atoms with Crippen molar-refractivity contribution in [1.29, 1.82) is 0 Å². The van der Waals surface area contributed by atoms with Crippen LogP contribution in [0.1, 0.15) is 35.3 Å². The zero-order valence-corrected chi connectivity index (χ0v) is 17.5. The zero-order valence-electron chi connectivity index (χ0n) is 17.5. The Balaban J connectivity index is 1.87. The van der Waals surface area contributed by atoms with Crippen LogP contribution in [0.4, 0.5) is 0 Å². The van der Waals surface area contributed by atoms with Gasteiger partial charge in [-0.3, -0.25) is 9.59 Å². The van der Waals surface area contributed by atoms with Crippen LogP contribution in [-0.4, -0.2) is 22.8 Å². The molecule has 2 amide bonds. The molecule has 0 saturated heterocycles. The van der Waals surface area contributed by atoms with Crippen LogP contribution in [0.5, 0.6) is 0 Å². The summed E-state index contributed by atoms with van der Waals surface area (Å²) in [7, 11) is 0. The fraction of sp³-hybridized carbons (Fsp3) is 0.231. The van der Waals surface area contributed by atoms with Crippen molar-refractivity contribution in [3.05, 3.63) is 108 Å². The van der Waals surface area contributed by atoms with Crippen LogP contribution in [0.2, 0.25) is 0 Å². The fourth-order valence-electron chi connectivity index (χ4n) is 3.52. The maximum Gasteiger partial charge on any atom is 0.254 e. The lowest BCUT2D eigenvalue weighted by Crippen LogP contribution is -2.51. The molecule has 0 saturated carbocycles. The third kappa shape index (κ3) is 5.57. The lowest BCUT2D eigenvalue weighted by atomic mass is 9.99. The van der Waals surface area contributed by atoms with Gasteiger partial charge in [0.2, 0.25) is 5.91 Å². The van der Waals surface area contributed by atoms with Gasteiger partial charge in [-0.1, -0.05) is 92.7 Å². The summed E-state index contributed by atoms with van der Waals surface area (Å²) in [6, 6.07) is 28.1. The minimum absolute atomic E-state index is 0.0443. The van der Waals surface area contributed by atoms with Crippen molar-refractivity contribution >= 4 is 11.8 Å². The number of carbonyl (C=O) groups excluding carboxylic acids is 2. The van der Waals surface area contributed by atoms with Gasteiger partial charge < -0.3 is 10.2 Å². The number of hydrogen-bond acceptors (Lipinski definition) is 2. The largest absolute Gasteiger partial charge is 0.350 e. The molecule has 154 valence electrons. The molecule has 4 heteroatoms. The molecule has 30 heavy (non-hydrogen) atoms. The van der Waals surface area contributed by atoms with Crippen LogP contribution >= 0.6 is 0 Å². The predicted molar refractivity (Wildman–Crippen MR) is 120 cm³/mol. The van der Waals surface area contributed by atoms with E-state index in [1.54, 1.807) is 17.0 Å². The molecule has 1 N–H and O–H groups in total. The molecule has 3 rings (SSSR count). The topological polar surface area (TPSA) is 49.4 Å². The molecule has 3 aromatic carbocycles. The van der Waals surface area contributed by atoms with Crippen LogP contribution < -0.4 is 5.32 Å². The maximum atomic E-state index is 13.4. The predicted octanol–water partition coefficient (Wildman–Crippen LogP) is 4.67. The lowest BCUT2D eigenvalue weighted by Gasteiger charge is -2.34. The van der Waals surface area contributed by atoms with Gasteiger partial charge in [0, 0.05) is 18.7 Å². The molecule has 0 heterocycles. The summed E-state index contributed by atoms with van der Waals surface area (Å²) in [5.74, 6) is -0.334. The lowest BCUT2D eigenvalue weighted by molar-refractivity contribution is -0.127. The number of nitrogens with one attached hydrogen (secondary N) is 1. The number of nitrogens with zero attached hydrogens (tertiary/aromatic N) is 1. The monoisotopic (exact) mass is 400 g/mol. The van der Waals surface area contributed by atoms with Crippen molar-refractivity contribution in [3.8, 4) is 0 Å². The van der Waals surface area contributed by atoms with Crippen LogP contribution in [0.25, 0.3) is 0 Å². The number of carbonyl (C=O) groups is 2. The third-order valence-electron chi connectivity index (χ3n) is 5.02. The van der Waals surface area contributed by atoms with Crippen molar-refractivity contribution < 1.29 is 9.59 Å². The standard InChI is InChI=1S/C26H28N2O2/c1-20(2)24(25(29)27-18-21-12-6-3-7-13-21)28(19-22-14-8-4-9-15-22)26(30)23-16-10-5-11-17-23/h3-17,20,24H,18-19H2,1-2H3,(H,27,29). The van der Waals surface area contributed by atoms with Gasteiger partial charge in [0.15, 0.2) is 0 Å². The van der Waals surface area contributed by atoms with Crippen molar-refractivity contribution in [3.63, 3.8) is 0 Å². The highest BCUT2D eigenvalue weighted by molar-refractivity contribution is 5.97. The van der Waals surface area contributed by atoms with Gasteiger partial charge in [-0.05, 0) is 29.2 Å². The smallest absolute Gasteiger partial charge is 0.254 e. The summed E-state index contributed by atoms with van der Waals surface area (Å²) in [5.41, 5.74) is 2.59. The minimum Gasteiger partial charge on any atom is -0.350 e. The Labute approximate surface area is 178 Å². The molecular formula is C26H28N2O2. The molecule has 0 radical (unpaired) electrons. The Kier molecular flexibility index (Phi) is 7.39. The summed E-state index contributed by atoms with van der Waals surface area (Å²) in [5, 5.41) is 3.02. The van der Waals surface area contributed by atoms with Crippen molar-refractivity contribution in [2.45, 2.75) is 33.0 Å². The summed E-state index contributed by atoms with van der Waals surface area (Å²) < 4.78 is 0. The maximum absolute atomic E-state index is 13.4. The fourth-order valence-corrected chi connectivity index (χ4v) is 3.52. The van der Waals surface area contributed by atoms with E-state index in [4.69, 9.17) is 0 Å². The van der Waals surface area contributed by atoms with Gasteiger partial charge in [0.05, 0.1) is 0 Å². The van der Waals surface area contributed by atoms with Gasteiger partial charge in [0.1, 0.15) is 6.04 Å². The van der Waals surface area contributed by atoms with E-state index in [1.807, 2.05) is 92.7 Å². The highest BCUT2D eigenvalue weighted by Crippen LogP contribution is 2.19. The number of rotatable bonds is 8. The van der Waals surface area contributed by atoms with Gasteiger partial charge in [0.25, 0.3) is 5.91 Å². The van der Waals surface area contributed by atoms with Crippen LogP contribution in [-0.2, 0) is 17.9 Å². The van der Waals surface area contributed by atoms with E-state index >= 15 is 0 Å². The first kappa shape index (κ1) is 21.3. The first-order valence-corrected chi connectivity index (χ1v) is 10.3. The Morgan fingerprint density at radius 3 is 1.80 bits per heavy atom. The second kappa shape index (κ2) is 10.4. The van der Waals surface area contributed by atoms with Gasteiger partial charge >= 0.3 is 0 Å². The highest BCUT2D eigenvalue weighted by Gasteiger charge is 2.33. The molecule has 0 bridgehead atoms. The van der Waals surface area contributed by atoms with Crippen molar-refractivity contribution in [1.82, 2.24) is 10.2 Å². The minimum atomic E-state index is -0.582. The number of hydrogen-bond donors (Lipinski definition) is 1. The Morgan fingerprint density at radius 2 is 1.27 bits per heavy atom. The molecule has 1 unspecified atom stereocenters. The first-order valence-electron chi connectivity index (χ1n) is 10.3. The van der Waals surface area contributed by atoms with E-state index in [2.05, 4.69) is 5.32 Å². The Hall–Kier alpha value is -3.40. The number of benzene rings is 3. The van der Waals surface area contributed by atoms with E-state index in [9.17, 15) is 9.59 Å². The third-order valence-corrected chi connectivity index (χ3v) is 5.02. The molecule has 0 aliphatic carbocycles. The van der Waals surface area contributed by atoms with E-state index in [0.29, 0.717) is 18.7 Å². The zero-order chi connectivity index (χ0) is 21.3. The normalized spacial score (nSPS) is 11.7. The van der Waals surface area contributed by atoms with Crippen LogP contribution in [0.15, 0.2) is 91.0 Å². The summed E-state index contributed by atoms with van der Waals surface area (Å²) in [6.45, 7) is 4.75. The molecule has 4 nitrogen and oxygen atoms in total. The molecule has 0 fully saturated rings. The summed E-state index contributed by atoms with van der Waals surface area (Å²) >= 11 is 0. The average molecular weight is 401 g/mol. The van der Waals surface area contributed by atoms with Gasteiger partial charge in [-0.15, -0.1) is 0 Å². The van der Waals surface area contributed by atoms with Crippen LogP contribution in [0, 0.1) is 5.92 Å². The second-order valence-corrected chi connectivity index (χ2v) is 7.68. The first-order chi connectivity index (χ1) is 14.6. The summed E-state index contributed by atoms with van der Waals surface area (Å²) in [4.78, 5) is 28.3. The van der Waals surface area contributed by atoms with E-state index in [-0.39, 0.29) is 17.7 Å². The molecule has 0 spiro atoms. The highest BCUT2D eigenvalue weighted by atomic mass is 16.2. The molecular weight excluding hydrogens is 372 g/mol. The SMILES string of the molecule is CC(C)C(C(=O)NCc1ccccc1)N(Cc1ccccc1)C(=O)c1ccccc1. The van der Waals surface area contributed by atoms with E-state index < -0.39 is 6.04 Å². The second-order valence-electron chi connectivity index (χ2n) is 7.68. The molecule has 3 aromatic rings. The Bertz CT molecular complexity index is 941. The van der Waals surface area contributed by atoms with E-state index in [1.165, 1.54) is 0 Å². The van der Waals surface area contributed by atoms with Gasteiger partial charge in [-0.2, -0.15) is 0 Å². The van der Waals surface area contributed by atoms with Crippen LogP contribution in [0.3, 0.4) is 0 Å². The molecule has 0 aromatic heterocycles. The van der Waals surface area contributed by atoms with Gasteiger partial charge in [-0.25, -0.2) is 0 Å². The van der Waals surface area contributed by atoms with E-state index in [0.717, 1.165) is 11.1 Å². The molecule has 0 aliphatic heterocycles. The quantitative estimate of drug-likeness (QED) is 0.597. The molecule has 1 atom stereocenters.